The molecule has 1 aliphatic heterocycles. The molecule has 3 heterocycles. The number of benzene rings is 1. The fourth-order valence-corrected chi connectivity index (χ4v) is 5.98. The quantitative estimate of drug-likeness (QED) is 0.632. The number of fused-ring (bicyclic) bond motifs is 2. The maximum Gasteiger partial charge on any atom is 0.223 e. The van der Waals surface area contributed by atoms with Gasteiger partial charge in [-0.2, -0.15) is 15.4 Å². The lowest BCUT2D eigenvalue weighted by molar-refractivity contribution is -0.130. The number of nitrogens with zero attached hydrogens (tertiary/aromatic N) is 5. The number of H-pyrrole nitrogens is 1. The molecule has 1 aromatic carbocycles. The number of rotatable bonds is 6. The van der Waals surface area contributed by atoms with Gasteiger partial charge >= 0.3 is 0 Å². The smallest absolute Gasteiger partial charge is 0.223 e. The van der Waals surface area contributed by atoms with Crippen molar-refractivity contribution in [1.29, 1.82) is 0 Å². The van der Waals surface area contributed by atoms with Gasteiger partial charge < -0.3 is 10.2 Å². The van der Waals surface area contributed by atoms with E-state index in [1.54, 1.807) is 17.5 Å². The zero-order valence-corrected chi connectivity index (χ0v) is 17.3. The first kappa shape index (κ1) is 18.0. The first-order valence-corrected chi connectivity index (χ1v) is 11.4. The van der Waals surface area contributed by atoms with Gasteiger partial charge in [0.25, 0.3) is 0 Å². The summed E-state index contributed by atoms with van der Waals surface area (Å²) in [6.45, 7) is 1.68. The number of piperidine rings is 1. The first-order chi connectivity index (χ1) is 14.7. The number of anilines is 1. The van der Waals surface area contributed by atoms with Gasteiger partial charge in [0.15, 0.2) is 0 Å². The van der Waals surface area contributed by atoms with Crippen LogP contribution < -0.4 is 5.32 Å². The molecule has 30 heavy (non-hydrogen) atoms. The molecule has 3 aliphatic rings. The van der Waals surface area contributed by atoms with Crippen LogP contribution >= 0.6 is 11.3 Å². The van der Waals surface area contributed by atoms with E-state index in [9.17, 15) is 4.79 Å². The molecule has 1 saturated carbocycles. The third kappa shape index (κ3) is 3.27. The third-order valence-electron chi connectivity index (χ3n) is 6.72. The summed E-state index contributed by atoms with van der Waals surface area (Å²) < 4.78 is 0. The van der Waals surface area contributed by atoms with E-state index in [1.807, 2.05) is 4.90 Å². The van der Waals surface area contributed by atoms with Crippen molar-refractivity contribution in [3.63, 3.8) is 0 Å². The number of aromatic amines is 1. The normalized spacial score (nSPS) is 24.7. The summed E-state index contributed by atoms with van der Waals surface area (Å²) >= 11 is 1.57. The van der Waals surface area contributed by atoms with Crippen LogP contribution in [0.4, 0.5) is 5.13 Å². The fraction of sp³-hybridized carbons (Fsp3) is 0.476. The Balaban J connectivity index is 0.978. The number of aromatic nitrogens is 5. The molecular formula is C21H23N7OS. The second kappa shape index (κ2) is 7.16. The third-order valence-corrected chi connectivity index (χ3v) is 7.63. The second-order valence-electron chi connectivity index (χ2n) is 8.57. The minimum absolute atomic E-state index is 0.219. The van der Waals surface area contributed by atoms with Gasteiger partial charge in [-0.25, -0.2) is 0 Å². The Hall–Kier alpha value is -2.81. The lowest BCUT2D eigenvalue weighted by Crippen LogP contribution is -2.31. The van der Waals surface area contributed by atoms with E-state index < -0.39 is 0 Å². The molecule has 1 amide bonds. The van der Waals surface area contributed by atoms with Crippen molar-refractivity contribution >= 4 is 22.4 Å². The molecule has 2 N–H and O–H groups in total. The Bertz CT molecular complexity index is 1030. The second-order valence-corrected chi connectivity index (χ2v) is 9.63. The minimum atomic E-state index is 0.219. The van der Waals surface area contributed by atoms with Crippen LogP contribution in [0.5, 0.6) is 0 Å². The van der Waals surface area contributed by atoms with Crippen LogP contribution in [-0.2, 0) is 24.1 Å². The van der Waals surface area contributed by atoms with E-state index in [0.29, 0.717) is 36.6 Å². The van der Waals surface area contributed by atoms with Crippen LogP contribution in [0.15, 0.2) is 30.5 Å². The number of likely N-dealkylation sites (tertiary alicyclic amines) is 1. The van der Waals surface area contributed by atoms with Crippen molar-refractivity contribution in [1.82, 2.24) is 30.5 Å². The molecule has 2 fully saturated rings. The summed E-state index contributed by atoms with van der Waals surface area (Å²) in [6.07, 6.45) is 5.01. The molecule has 2 aliphatic carbocycles. The Morgan fingerprint density at radius 3 is 2.63 bits per heavy atom. The zero-order chi connectivity index (χ0) is 20.1. The average Bonchev–Trinajstić information content (AvgIpc) is 3.36. The molecule has 1 saturated heterocycles. The Labute approximate surface area is 178 Å². The topological polar surface area (TPSA) is 99.7 Å². The molecule has 9 heteroatoms. The van der Waals surface area contributed by atoms with Gasteiger partial charge in [-0.1, -0.05) is 35.6 Å². The average molecular weight is 422 g/mol. The molecule has 1 unspecified atom stereocenters. The van der Waals surface area contributed by atoms with E-state index in [2.05, 4.69) is 55.2 Å². The van der Waals surface area contributed by atoms with E-state index in [0.717, 1.165) is 41.8 Å². The number of carbonyl (C=O) groups excluding carboxylic acids is 1. The number of aryl methyl sites for hydroxylation is 1. The van der Waals surface area contributed by atoms with Crippen molar-refractivity contribution in [2.75, 3.05) is 18.4 Å². The Morgan fingerprint density at radius 1 is 1.17 bits per heavy atom. The van der Waals surface area contributed by atoms with Gasteiger partial charge in [0.1, 0.15) is 5.01 Å². The molecule has 2 aromatic heterocycles. The highest BCUT2D eigenvalue weighted by atomic mass is 32.1. The monoisotopic (exact) mass is 421 g/mol. The highest BCUT2D eigenvalue weighted by Crippen LogP contribution is 2.57. The van der Waals surface area contributed by atoms with E-state index in [-0.39, 0.29) is 5.91 Å². The van der Waals surface area contributed by atoms with Crippen molar-refractivity contribution in [3.8, 4) is 0 Å². The standard InChI is InChI=1S/C21H23N7OS/c29-19(28-10-15-16(11-28)20(15)17-9-22-27-24-17)6-5-18-25-26-21(30-18)23-14-7-12-3-1-2-4-13(12)8-14/h1-4,9,14-16,20H,5-8,10-11H2,(H,23,26)(H,22,24,27)/t15-,16+,20?. The molecule has 154 valence electrons. The summed E-state index contributed by atoms with van der Waals surface area (Å²) in [6, 6.07) is 8.97. The van der Waals surface area contributed by atoms with Gasteiger partial charge in [-0.15, -0.1) is 10.2 Å². The molecule has 3 atom stereocenters. The van der Waals surface area contributed by atoms with Gasteiger partial charge in [0, 0.05) is 37.9 Å². The number of hydrogen-bond donors (Lipinski definition) is 2. The molecular weight excluding hydrogens is 398 g/mol. The summed E-state index contributed by atoms with van der Waals surface area (Å²) in [5.74, 6) is 1.79. The van der Waals surface area contributed by atoms with E-state index >= 15 is 0 Å². The van der Waals surface area contributed by atoms with Gasteiger partial charge in [0.05, 0.1) is 11.9 Å². The predicted molar refractivity (Wildman–Crippen MR) is 112 cm³/mol. The first-order valence-electron chi connectivity index (χ1n) is 10.5. The molecule has 3 aromatic rings. The molecule has 0 radical (unpaired) electrons. The highest BCUT2D eigenvalue weighted by molar-refractivity contribution is 7.15. The van der Waals surface area contributed by atoms with Crippen LogP contribution in [0, 0.1) is 11.8 Å². The largest absolute Gasteiger partial charge is 0.357 e. The number of nitrogens with one attached hydrogen (secondary N) is 2. The lowest BCUT2D eigenvalue weighted by Gasteiger charge is -2.19. The van der Waals surface area contributed by atoms with Crippen LogP contribution in [0.25, 0.3) is 0 Å². The van der Waals surface area contributed by atoms with Crippen LogP contribution in [0.2, 0.25) is 0 Å². The van der Waals surface area contributed by atoms with Gasteiger partial charge in [-0.3, -0.25) is 4.79 Å². The molecule has 8 nitrogen and oxygen atoms in total. The van der Waals surface area contributed by atoms with Crippen molar-refractivity contribution < 1.29 is 4.79 Å². The van der Waals surface area contributed by atoms with Crippen LogP contribution in [0.1, 0.15) is 34.2 Å². The lowest BCUT2D eigenvalue weighted by atomic mass is 10.1. The summed E-state index contributed by atoms with van der Waals surface area (Å²) in [7, 11) is 0. The van der Waals surface area contributed by atoms with E-state index in [4.69, 9.17) is 0 Å². The summed E-state index contributed by atoms with van der Waals surface area (Å²) in [4.78, 5) is 14.6. The van der Waals surface area contributed by atoms with Crippen molar-refractivity contribution in [2.24, 2.45) is 11.8 Å². The van der Waals surface area contributed by atoms with Gasteiger partial charge in [0.2, 0.25) is 11.0 Å². The van der Waals surface area contributed by atoms with Crippen LogP contribution in [-0.4, -0.2) is 55.5 Å². The van der Waals surface area contributed by atoms with Crippen molar-refractivity contribution in [3.05, 3.63) is 52.3 Å². The number of amides is 1. The van der Waals surface area contributed by atoms with Crippen molar-refractivity contribution in [2.45, 2.75) is 37.6 Å². The SMILES string of the molecule is O=C(CCc1nnc(NC2Cc3ccccc3C2)s1)N1C[C@@H]2C(c3cn[nH]n3)[C@@H]2C1. The molecule has 6 rings (SSSR count). The van der Waals surface area contributed by atoms with E-state index in [1.165, 1.54) is 11.1 Å². The zero-order valence-electron chi connectivity index (χ0n) is 16.5. The number of carbonyl (C=O) groups is 1. The van der Waals surface area contributed by atoms with Crippen LogP contribution in [0.3, 0.4) is 0 Å². The summed E-state index contributed by atoms with van der Waals surface area (Å²) in [5, 5.41) is 24.7. The Morgan fingerprint density at radius 2 is 1.93 bits per heavy atom. The maximum absolute atomic E-state index is 12.6. The molecule has 0 bridgehead atoms. The highest BCUT2D eigenvalue weighted by Gasteiger charge is 2.58. The van der Waals surface area contributed by atoms with Gasteiger partial charge in [-0.05, 0) is 35.8 Å². The maximum atomic E-state index is 12.6. The minimum Gasteiger partial charge on any atom is -0.357 e. The number of hydrogen-bond acceptors (Lipinski definition) is 7. The Kier molecular flexibility index (Phi) is 4.29. The summed E-state index contributed by atoms with van der Waals surface area (Å²) in [5.41, 5.74) is 3.87. The fourth-order valence-electron chi connectivity index (χ4n) is 5.16. The molecule has 0 spiro atoms. The predicted octanol–water partition coefficient (Wildman–Crippen LogP) is 2.04.